The van der Waals surface area contributed by atoms with Crippen LogP contribution >= 0.6 is 0 Å². The van der Waals surface area contributed by atoms with Crippen molar-refractivity contribution < 1.29 is 4.74 Å². The molecule has 3 heteroatoms. The Morgan fingerprint density at radius 1 is 1.25 bits per heavy atom. The predicted molar refractivity (Wildman–Crippen MR) is 83.1 cm³/mol. The van der Waals surface area contributed by atoms with Gasteiger partial charge in [-0.1, -0.05) is 19.1 Å². The van der Waals surface area contributed by atoms with Crippen LogP contribution in [0.1, 0.15) is 43.4 Å². The maximum Gasteiger partial charge on any atom is 0.125 e. The first-order valence-corrected chi connectivity index (χ1v) is 7.29. The Morgan fingerprint density at radius 2 is 1.90 bits per heavy atom. The molecule has 0 aromatic heterocycles. The van der Waals surface area contributed by atoms with Gasteiger partial charge < -0.3 is 4.74 Å². The lowest BCUT2D eigenvalue weighted by Gasteiger charge is -2.23. The van der Waals surface area contributed by atoms with E-state index in [9.17, 15) is 5.26 Å². The molecule has 0 saturated heterocycles. The number of benzene rings is 1. The van der Waals surface area contributed by atoms with Gasteiger partial charge in [0.05, 0.1) is 12.7 Å². The van der Waals surface area contributed by atoms with Gasteiger partial charge in [0.1, 0.15) is 11.3 Å². The van der Waals surface area contributed by atoms with E-state index < -0.39 is 5.54 Å². The molecule has 0 amide bonds. The van der Waals surface area contributed by atoms with E-state index in [1.807, 2.05) is 6.92 Å². The molecule has 110 valence electrons. The number of hydrogen-bond donors (Lipinski definition) is 1. The summed E-state index contributed by atoms with van der Waals surface area (Å²) in [6.45, 7) is 11.7. The minimum atomic E-state index is -0.512. The van der Waals surface area contributed by atoms with Gasteiger partial charge in [-0.25, -0.2) is 0 Å². The maximum absolute atomic E-state index is 9.29. The minimum absolute atomic E-state index is 0.512. The van der Waals surface area contributed by atoms with Crippen LogP contribution < -0.4 is 10.1 Å². The number of rotatable bonds is 7. The zero-order valence-corrected chi connectivity index (χ0v) is 13.3. The zero-order valence-electron chi connectivity index (χ0n) is 13.3. The van der Waals surface area contributed by atoms with Gasteiger partial charge >= 0.3 is 0 Å². The topological polar surface area (TPSA) is 45.0 Å². The van der Waals surface area contributed by atoms with Crippen LogP contribution in [0.25, 0.3) is 0 Å². The lowest BCUT2D eigenvalue weighted by atomic mass is 10.00. The zero-order chi connectivity index (χ0) is 15.2. The smallest absolute Gasteiger partial charge is 0.125 e. The molecular weight excluding hydrogens is 248 g/mol. The highest BCUT2D eigenvalue weighted by Crippen LogP contribution is 2.26. The van der Waals surface area contributed by atoms with Crippen molar-refractivity contribution in [3.8, 4) is 11.8 Å². The number of nitriles is 1. The molecule has 1 N–H and O–H groups in total. The van der Waals surface area contributed by atoms with Gasteiger partial charge in [-0.3, -0.25) is 5.32 Å². The van der Waals surface area contributed by atoms with Crippen LogP contribution in [-0.4, -0.2) is 18.7 Å². The van der Waals surface area contributed by atoms with Gasteiger partial charge in [0, 0.05) is 6.42 Å². The number of ether oxygens (including phenoxy) is 1. The second-order valence-corrected chi connectivity index (χ2v) is 5.62. The third-order valence-electron chi connectivity index (χ3n) is 3.73. The van der Waals surface area contributed by atoms with Gasteiger partial charge in [0.15, 0.2) is 0 Å². The van der Waals surface area contributed by atoms with Crippen LogP contribution in [-0.2, 0) is 0 Å². The standard InChI is InChI=1S/C17H26N2O/c1-6-10-19-17(5,12-18)9-11-20-16-14(3)8-7-13(2)15(16)4/h7-8,19H,6,9-11H2,1-5H3. The van der Waals surface area contributed by atoms with Crippen molar-refractivity contribution in [3.05, 3.63) is 28.8 Å². The molecule has 1 aromatic carbocycles. The quantitative estimate of drug-likeness (QED) is 0.825. The Balaban J connectivity index is 2.65. The molecule has 20 heavy (non-hydrogen) atoms. The monoisotopic (exact) mass is 274 g/mol. The lowest BCUT2D eigenvalue weighted by Crippen LogP contribution is -2.42. The van der Waals surface area contributed by atoms with Crippen molar-refractivity contribution in [1.82, 2.24) is 5.32 Å². The molecule has 0 aliphatic heterocycles. The summed E-state index contributed by atoms with van der Waals surface area (Å²) < 4.78 is 5.93. The molecule has 0 aliphatic rings. The van der Waals surface area contributed by atoms with E-state index in [-0.39, 0.29) is 0 Å². The summed E-state index contributed by atoms with van der Waals surface area (Å²) >= 11 is 0. The van der Waals surface area contributed by atoms with Gasteiger partial charge in [0.2, 0.25) is 0 Å². The predicted octanol–water partition coefficient (Wildman–Crippen LogP) is 3.66. The first-order valence-electron chi connectivity index (χ1n) is 7.29. The van der Waals surface area contributed by atoms with Crippen LogP contribution in [0.5, 0.6) is 5.75 Å². The Bertz CT molecular complexity index is 490. The van der Waals surface area contributed by atoms with E-state index in [2.05, 4.69) is 51.2 Å². The third-order valence-corrected chi connectivity index (χ3v) is 3.73. The third kappa shape index (κ3) is 4.25. The first kappa shape index (κ1) is 16.5. The van der Waals surface area contributed by atoms with Crippen LogP contribution in [0.2, 0.25) is 0 Å². The van der Waals surface area contributed by atoms with Crippen molar-refractivity contribution in [3.63, 3.8) is 0 Å². The Hall–Kier alpha value is -1.53. The molecule has 0 spiro atoms. The molecular formula is C17H26N2O. The second kappa shape index (κ2) is 7.31. The van der Waals surface area contributed by atoms with E-state index in [0.29, 0.717) is 13.0 Å². The molecule has 1 rings (SSSR count). The van der Waals surface area contributed by atoms with Crippen LogP contribution in [0.4, 0.5) is 0 Å². The average Bonchev–Trinajstić information content (AvgIpc) is 2.44. The summed E-state index contributed by atoms with van der Waals surface area (Å²) in [6, 6.07) is 6.54. The molecule has 0 fully saturated rings. The molecule has 0 heterocycles. The van der Waals surface area contributed by atoms with Gasteiger partial charge in [-0.2, -0.15) is 5.26 Å². The Labute approximate surface area is 123 Å². The number of nitrogens with one attached hydrogen (secondary N) is 1. The van der Waals surface area contributed by atoms with Gasteiger partial charge in [-0.15, -0.1) is 0 Å². The van der Waals surface area contributed by atoms with Crippen molar-refractivity contribution in [2.45, 2.75) is 53.0 Å². The lowest BCUT2D eigenvalue weighted by molar-refractivity contribution is 0.264. The second-order valence-electron chi connectivity index (χ2n) is 5.62. The summed E-state index contributed by atoms with van der Waals surface area (Å²) in [5.41, 5.74) is 3.05. The highest BCUT2D eigenvalue weighted by atomic mass is 16.5. The molecule has 1 atom stereocenters. The number of hydrogen-bond acceptors (Lipinski definition) is 3. The van der Waals surface area contributed by atoms with Crippen molar-refractivity contribution in [1.29, 1.82) is 5.26 Å². The molecule has 1 aromatic rings. The van der Waals surface area contributed by atoms with E-state index in [1.165, 1.54) is 11.1 Å². The highest BCUT2D eigenvalue weighted by Gasteiger charge is 2.22. The Kier molecular flexibility index (Phi) is 6.04. The minimum Gasteiger partial charge on any atom is -0.493 e. The molecule has 0 saturated carbocycles. The van der Waals surface area contributed by atoms with E-state index >= 15 is 0 Å². The molecule has 0 aliphatic carbocycles. The van der Waals surface area contributed by atoms with Crippen LogP contribution in [0.3, 0.4) is 0 Å². The fourth-order valence-electron chi connectivity index (χ4n) is 2.09. The summed E-state index contributed by atoms with van der Waals surface area (Å²) in [4.78, 5) is 0. The Morgan fingerprint density at radius 3 is 2.50 bits per heavy atom. The molecule has 0 bridgehead atoms. The summed E-state index contributed by atoms with van der Waals surface area (Å²) in [7, 11) is 0. The van der Waals surface area contributed by atoms with Crippen LogP contribution in [0.15, 0.2) is 12.1 Å². The SMILES string of the molecule is CCCNC(C)(C#N)CCOc1c(C)ccc(C)c1C. The molecule has 3 nitrogen and oxygen atoms in total. The molecule has 0 radical (unpaired) electrons. The fraction of sp³-hybridized carbons (Fsp3) is 0.588. The van der Waals surface area contributed by atoms with Crippen molar-refractivity contribution in [2.24, 2.45) is 0 Å². The van der Waals surface area contributed by atoms with E-state index in [1.54, 1.807) is 0 Å². The molecule has 1 unspecified atom stereocenters. The van der Waals surface area contributed by atoms with Crippen molar-refractivity contribution in [2.75, 3.05) is 13.2 Å². The van der Waals surface area contributed by atoms with E-state index in [0.717, 1.165) is 24.3 Å². The summed E-state index contributed by atoms with van der Waals surface area (Å²) in [5, 5.41) is 12.6. The normalized spacial score (nSPS) is 13.6. The van der Waals surface area contributed by atoms with Gasteiger partial charge in [0.25, 0.3) is 0 Å². The van der Waals surface area contributed by atoms with Crippen molar-refractivity contribution >= 4 is 0 Å². The van der Waals surface area contributed by atoms with Crippen LogP contribution in [0, 0.1) is 32.1 Å². The largest absolute Gasteiger partial charge is 0.493 e. The first-order chi connectivity index (χ1) is 9.43. The summed E-state index contributed by atoms with van der Waals surface area (Å²) in [5.74, 6) is 0.959. The summed E-state index contributed by atoms with van der Waals surface area (Å²) in [6.07, 6.45) is 1.70. The average molecular weight is 274 g/mol. The van der Waals surface area contributed by atoms with E-state index in [4.69, 9.17) is 4.74 Å². The number of nitrogens with zero attached hydrogens (tertiary/aromatic N) is 1. The highest BCUT2D eigenvalue weighted by molar-refractivity contribution is 5.44. The van der Waals surface area contributed by atoms with Gasteiger partial charge in [-0.05, 0) is 57.4 Å². The fourth-order valence-corrected chi connectivity index (χ4v) is 2.09. The number of aryl methyl sites for hydroxylation is 2. The maximum atomic E-state index is 9.29.